The number of hydrogen-bond acceptors (Lipinski definition) is 0. The summed E-state index contributed by atoms with van der Waals surface area (Å²) in [7, 11) is 0. The Morgan fingerprint density at radius 2 is 0.552 bits per heavy atom. The molecule has 0 bridgehead atoms. The van der Waals surface area contributed by atoms with Crippen molar-refractivity contribution in [1.82, 2.24) is 0 Å². The first kappa shape index (κ1) is 20.0. The summed E-state index contributed by atoms with van der Waals surface area (Å²) in [5.41, 5.74) is 5.63. The molecule has 4 rings (SSSR count). The van der Waals surface area contributed by atoms with Gasteiger partial charge in [0, 0.05) is 0 Å². The van der Waals surface area contributed by atoms with E-state index in [1.54, 1.807) is 13.3 Å². The van der Waals surface area contributed by atoms with Crippen LogP contribution >= 0.6 is 0 Å². The van der Waals surface area contributed by atoms with E-state index in [0.717, 1.165) is 0 Å². The molecule has 0 nitrogen and oxygen atoms in total. The number of hydrogen-bond donors (Lipinski definition) is 0. The molecule has 4 aromatic carbocycles. The first-order chi connectivity index (χ1) is 14.1. The van der Waals surface area contributed by atoms with Crippen LogP contribution in [0.1, 0.15) is 22.3 Å². The van der Waals surface area contributed by atoms with E-state index in [1.807, 2.05) is 0 Å². The van der Waals surface area contributed by atoms with Crippen molar-refractivity contribution in [1.29, 1.82) is 0 Å². The van der Waals surface area contributed by atoms with Crippen LogP contribution in [0.25, 0.3) is 0 Å². The topological polar surface area (TPSA) is 0 Å². The quantitative estimate of drug-likeness (QED) is 0.329. The summed E-state index contributed by atoms with van der Waals surface area (Å²) in [4.78, 5) is 0. The third-order valence-corrected chi connectivity index (χ3v) is 25.9. The van der Waals surface area contributed by atoms with Gasteiger partial charge in [0.05, 0.1) is 0 Å². The number of aryl methyl sites for hydroxylation is 4. The molecule has 0 saturated heterocycles. The van der Waals surface area contributed by atoms with Crippen molar-refractivity contribution in [2.24, 2.45) is 0 Å². The molecule has 0 N–H and O–H groups in total. The monoisotopic (exact) mass is 544 g/mol. The Morgan fingerprint density at radius 1 is 0.345 bits per heavy atom. The Bertz CT molecular complexity index is 969. The molecular weight excluding hydrogens is 515 g/mol. The van der Waals surface area contributed by atoms with E-state index in [-0.39, 0.29) is 0 Å². The van der Waals surface area contributed by atoms with Crippen LogP contribution in [-0.2, 0) is 20.0 Å². The summed E-state index contributed by atoms with van der Waals surface area (Å²) in [5, 5.41) is 0. The fraction of sp³-hybridized carbons (Fsp3) is 0.143. The van der Waals surface area contributed by atoms with Crippen molar-refractivity contribution in [2.75, 3.05) is 0 Å². The van der Waals surface area contributed by atoms with Crippen molar-refractivity contribution >= 4 is 13.3 Å². The molecule has 0 amide bonds. The predicted octanol–water partition coefficient (Wildman–Crippen LogP) is 4.68. The van der Waals surface area contributed by atoms with Crippen LogP contribution in [0, 0.1) is 27.7 Å². The van der Waals surface area contributed by atoms with E-state index in [4.69, 9.17) is 0 Å². The van der Waals surface area contributed by atoms with Gasteiger partial charge in [0.2, 0.25) is 0 Å². The van der Waals surface area contributed by atoms with E-state index in [9.17, 15) is 0 Å². The van der Waals surface area contributed by atoms with Crippen LogP contribution in [0.15, 0.2) is 97.1 Å². The van der Waals surface area contributed by atoms with E-state index < -0.39 is 20.0 Å². The van der Waals surface area contributed by atoms with Crippen molar-refractivity contribution in [3.63, 3.8) is 0 Å². The van der Waals surface area contributed by atoms with Crippen molar-refractivity contribution < 1.29 is 20.0 Å². The maximum absolute atomic E-state index is 3.74. The molecule has 29 heavy (non-hydrogen) atoms. The minimum atomic E-state index is -3.74. The van der Waals surface area contributed by atoms with Crippen molar-refractivity contribution in [3.8, 4) is 0 Å². The Labute approximate surface area is 179 Å². The molecule has 0 saturated carbocycles. The van der Waals surface area contributed by atoms with Crippen LogP contribution < -0.4 is 13.3 Å². The van der Waals surface area contributed by atoms with Crippen LogP contribution in [0.5, 0.6) is 0 Å². The molecule has 144 valence electrons. The van der Waals surface area contributed by atoms with Gasteiger partial charge in [0.25, 0.3) is 0 Å². The summed E-state index contributed by atoms with van der Waals surface area (Å²) >= 11 is -3.74. The van der Waals surface area contributed by atoms with Crippen LogP contribution in [0.4, 0.5) is 0 Å². The van der Waals surface area contributed by atoms with Gasteiger partial charge in [-0.3, -0.25) is 0 Å². The van der Waals surface area contributed by atoms with Crippen LogP contribution in [0.3, 0.4) is 0 Å². The first-order valence-corrected chi connectivity index (χ1v) is 17.5. The van der Waals surface area contributed by atoms with Gasteiger partial charge >= 0.3 is 180 Å². The molecule has 0 aliphatic heterocycles. The summed E-state index contributed by atoms with van der Waals surface area (Å²) in [5.74, 6) is 0. The number of rotatable bonds is 4. The normalized spacial score (nSPS) is 11.4. The van der Waals surface area contributed by atoms with Crippen LogP contribution in [-0.4, -0.2) is 0 Å². The van der Waals surface area contributed by atoms with E-state index in [0.29, 0.717) is 0 Å². The zero-order valence-electron chi connectivity index (χ0n) is 17.7. The van der Waals surface area contributed by atoms with Gasteiger partial charge in [-0.2, -0.15) is 0 Å². The van der Waals surface area contributed by atoms with Gasteiger partial charge in [-0.25, -0.2) is 0 Å². The summed E-state index contributed by atoms with van der Waals surface area (Å²) in [6, 6.07) is 36.4. The van der Waals surface area contributed by atoms with Gasteiger partial charge in [0.1, 0.15) is 0 Å². The molecule has 1 heteroatoms. The summed E-state index contributed by atoms with van der Waals surface area (Å²) in [6.45, 7) is 9.16. The van der Waals surface area contributed by atoms with E-state index in [1.165, 1.54) is 22.3 Å². The molecule has 0 aliphatic carbocycles. The van der Waals surface area contributed by atoms with Gasteiger partial charge in [-0.15, -0.1) is 0 Å². The predicted molar refractivity (Wildman–Crippen MR) is 123 cm³/mol. The fourth-order valence-electron chi connectivity index (χ4n) is 4.85. The first-order valence-electron chi connectivity index (χ1n) is 10.3. The van der Waals surface area contributed by atoms with Gasteiger partial charge < -0.3 is 0 Å². The molecule has 0 heterocycles. The Morgan fingerprint density at radius 3 is 0.759 bits per heavy atom. The van der Waals surface area contributed by atoms with Crippen molar-refractivity contribution in [2.45, 2.75) is 27.7 Å². The van der Waals surface area contributed by atoms with Crippen LogP contribution in [0.2, 0.25) is 0 Å². The van der Waals surface area contributed by atoms with Crippen molar-refractivity contribution in [3.05, 3.63) is 119 Å². The molecular formula is C28H28Hf. The molecule has 0 atom stereocenters. The van der Waals surface area contributed by atoms with Gasteiger partial charge in [-0.1, -0.05) is 0 Å². The number of benzene rings is 4. The zero-order chi connectivity index (χ0) is 20.4. The summed E-state index contributed by atoms with van der Waals surface area (Å²) in [6.07, 6.45) is 0. The standard InChI is InChI=1S/4C7H7.Hf/c4*1-7-5-3-2-4-6-7;/h4*2-5H,1H3;. The molecule has 0 unspecified atom stereocenters. The molecule has 0 aliphatic rings. The maximum atomic E-state index is 2.40. The van der Waals surface area contributed by atoms with E-state index >= 15 is 0 Å². The molecule has 0 spiro atoms. The molecule has 0 fully saturated rings. The molecule has 4 aromatic rings. The Hall–Kier alpha value is -2.25. The van der Waals surface area contributed by atoms with E-state index in [2.05, 4.69) is 125 Å². The third-order valence-electron chi connectivity index (χ3n) is 6.20. The second-order valence-electron chi connectivity index (χ2n) is 8.01. The van der Waals surface area contributed by atoms with Gasteiger partial charge in [0.15, 0.2) is 0 Å². The zero-order valence-corrected chi connectivity index (χ0v) is 21.3. The average Bonchev–Trinajstić information content (AvgIpc) is 2.73. The Balaban J connectivity index is 2.28. The SMILES string of the molecule is Cc1cccc[c]1[Hf]([c]1ccccc1C)([c]1ccccc1C)[c]1ccccc1C. The third kappa shape index (κ3) is 3.36. The van der Waals surface area contributed by atoms with Gasteiger partial charge in [-0.05, 0) is 0 Å². The molecule has 0 aromatic heterocycles. The minimum absolute atomic E-state index is 1.41. The fourth-order valence-corrected chi connectivity index (χ4v) is 25.8. The second kappa shape index (κ2) is 8.24. The second-order valence-corrected chi connectivity index (χ2v) is 21.1. The average molecular weight is 543 g/mol. The summed E-state index contributed by atoms with van der Waals surface area (Å²) < 4.78 is 6.27. The Kier molecular flexibility index (Phi) is 5.69. The molecule has 0 radical (unpaired) electrons.